The lowest BCUT2D eigenvalue weighted by Gasteiger charge is -2.29. The summed E-state index contributed by atoms with van der Waals surface area (Å²) in [6, 6.07) is 0. The average Bonchev–Trinajstić information content (AvgIpc) is 2.76. The Morgan fingerprint density at radius 3 is 2.44 bits per heavy atom. The highest BCUT2D eigenvalue weighted by molar-refractivity contribution is 5.94. The van der Waals surface area contributed by atoms with Gasteiger partial charge in [-0.1, -0.05) is 0 Å². The lowest BCUT2D eigenvalue weighted by Crippen LogP contribution is -2.44. The Morgan fingerprint density at radius 2 is 1.94 bits per heavy atom. The van der Waals surface area contributed by atoms with Crippen LogP contribution >= 0.6 is 0 Å². The number of hydrogen-bond acceptors (Lipinski definition) is 5. The van der Waals surface area contributed by atoms with Gasteiger partial charge in [0.25, 0.3) is 0 Å². The van der Waals surface area contributed by atoms with Crippen molar-refractivity contribution in [1.82, 2.24) is 9.80 Å². The van der Waals surface area contributed by atoms with E-state index in [0.29, 0.717) is 32.5 Å². The lowest BCUT2D eigenvalue weighted by atomic mass is 9.97. The fourth-order valence-corrected chi connectivity index (χ4v) is 2.23. The second-order valence-electron chi connectivity index (χ2n) is 4.55. The van der Waals surface area contributed by atoms with E-state index < -0.39 is 12.1 Å². The Bertz CT molecular complexity index is 362. The lowest BCUT2D eigenvalue weighted by molar-refractivity contribution is -0.143. The number of nitrogens with zero attached hydrogens (tertiary/aromatic N) is 2. The molecule has 0 atom stereocenters. The first-order valence-electron chi connectivity index (χ1n) is 6.00. The summed E-state index contributed by atoms with van der Waals surface area (Å²) < 4.78 is 4.69. The first kappa shape index (κ1) is 12.8. The summed E-state index contributed by atoms with van der Waals surface area (Å²) in [6.07, 6.45) is 0.514. The monoisotopic (exact) mass is 256 g/mol. The van der Waals surface area contributed by atoms with Crippen LogP contribution in [0.1, 0.15) is 12.8 Å². The molecule has 2 fully saturated rings. The molecule has 0 bridgehead atoms. The fourth-order valence-electron chi connectivity index (χ4n) is 2.23. The van der Waals surface area contributed by atoms with Crippen molar-refractivity contribution >= 4 is 18.0 Å². The van der Waals surface area contributed by atoms with Gasteiger partial charge in [-0.05, 0) is 25.9 Å². The molecule has 0 saturated carbocycles. The Balaban J connectivity index is 1.79. The SMILES string of the molecule is O=C(O)C1CCN(CC(=O)N2CCOC2=O)CC1. The van der Waals surface area contributed by atoms with Gasteiger partial charge in [0.1, 0.15) is 6.61 Å². The number of carbonyl (C=O) groups is 3. The van der Waals surface area contributed by atoms with E-state index in [-0.39, 0.29) is 25.0 Å². The van der Waals surface area contributed by atoms with E-state index in [4.69, 9.17) is 9.84 Å². The van der Waals surface area contributed by atoms with Crippen molar-refractivity contribution in [3.63, 3.8) is 0 Å². The molecule has 2 amide bonds. The molecule has 0 unspecified atom stereocenters. The van der Waals surface area contributed by atoms with Gasteiger partial charge in [0, 0.05) is 0 Å². The van der Waals surface area contributed by atoms with Gasteiger partial charge in [-0.2, -0.15) is 0 Å². The number of likely N-dealkylation sites (tertiary alicyclic amines) is 1. The standard InChI is InChI=1S/C11H16N2O5/c14-9(13-5-6-18-11(13)17)7-12-3-1-8(2-4-12)10(15)16/h8H,1-7H2,(H,15,16). The molecule has 2 aliphatic rings. The van der Waals surface area contributed by atoms with Crippen LogP contribution in [-0.4, -0.2) is 65.7 Å². The highest BCUT2D eigenvalue weighted by Crippen LogP contribution is 2.17. The summed E-state index contributed by atoms with van der Waals surface area (Å²) in [6.45, 7) is 1.87. The van der Waals surface area contributed by atoms with E-state index in [1.807, 2.05) is 4.90 Å². The minimum absolute atomic E-state index is 0.154. The Hall–Kier alpha value is -1.63. The van der Waals surface area contributed by atoms with Crippen molar-refractivity contribution < 1.29 is 24.2 Å². The van der Waals surface area contributed by atoms with E-state index in [2.05, 4.69) is 0 Å². The number of imide groups is 1. The van der Waals surface area contributed by atoms with Gasteiger partial charge in [0.2, 0.25) is 5.91 Å². The van der Waals surface area contributed by atoms with Crippen molar-refractivity contribution in [2.24, 2.45) is 5.92 Å². The molecule has 1 N–H and O–H groups in total. The third-order valence-corrected chi connectivity index (χ3v) is 3.36. The molecule has 0 spiro atoms. The number of hydrogen-bond donors (Lipinski definition) is 1. The summed E-state index contributed by atoms with van der Waals surface area (Å²) >= 11 is 0. The molecule has 0 aromatic rings. The zero-order chi connectivity index (χ0) is 13.1. The summed E-state index contributed by atoms with van der Waals surface area (Å²) in [5.41, 5.74) is 0. The van der Waals surface area contributed by atoms with E-state index >= 15 is 0 Å². The molecule has 2 aliphatic heterocycles. The Kier molecular flexibility index (Phi) is 3.81. The molecule has 2 heterocycles. The molecule has 2 saturated heterocycles. The summed E-state index contributed by atoms with van der Waals surface area (Å²) in [7, 11) is 0. The smallest absolute Gasteiger partial charge is 0.416 e. The summed E-state index contributed by atoms with van der Waals surface area (Å²) in [4.78, 5) is 36.8. The second kappa shape index (κ2) is 5.34. The van der Waals surface area contributed by atoms with Gasteiger partial charge in [-0.15, -0.1) is 0 Å². The van der Waals surface area contributed by atoms with Gasteiger partial charge < -0.3 is 9.84 Å². The first-order valence-corrected chi connectivity index (χ1v) is 6.00. The van der Waals surface area contributed by atoms with Crippen molar-refractivity contribution in [3.8, 4) is 0 Å². The van der Waals surface area contributed by atoms with Gasteiger partial charge in [0.15, 0.2) is 0 Å². The number of aliphatic carboxylic acids is 1. The number of carboxylic acids is 1. The topological polar surface area (TPSA) is 87.2 Å². The molecule has 0 aromatic heterocycles. The summed E-state index contributed by atoms with van der Waals surface area (Å²) in [5.74, 6) is -1.36. The van der Waals surface area contributed by atoms with Crippen LogP contribution in [0.4, 0.5) is 4.79 Å². The van der Waals surface area contributed by atoms with Crippen LogP contribution in [-0.2, 0) is 14.3 Å². The van der Waals surface area contributed by atoms with Crippen LogP contribution in [0.5, 0.6) is 0 Å². The number of cyclic esters (lactones) is 1. The molecule has 100 valence electrons. The highest BCUT2D eigenvalue weighted by Gasteiger charge is 2.31. The third-order valence-electron chi connectivity index (χ3n) is 3.36. The molecule has 0 aromatic carbocycles. The van der Waals surface area contributed by atoms with Gasteiger partial charge >= 0.3 is 12.1 Å². The van der Waals surface area contributed by atoms with Crippen molar-refractivity contribution in [1.29, 1.82) is 0 Å². The first-order chi connectivity index (χ1) is 8.58. The van der Waals surface area contributed by atoms with E-state index in [1.165, 1.54) is 0 Å². The maximum Gasteiger partial charge on any atom is 0.416 e. The quantitative estimate of drug-likeness (QED) is 0.750. The predicted molar refractivity (Wildman–Crippen MR) is 59.9 cm³/mol. The molecule has 18 heavy (non-hydrogen) atoms. The van der Waals surface area contributed by atoms with E-state index in [1.54, 1.807) is 0 Å². The highest BCUT2D eigenvalue weighted by atomic mass is 16.6. The molecular formula is C11H16N2O5. The van der Waals surface area contributed by atoms with Crippen LogP contribution in [0.2, 0.25) is 0 Å². The van der Waals surface area contributed by atoms with Crippen molar-refractivity contribution in [3.05, 3.63) is 0 Å². The number of rotatable bonds is 3. The van der Waals surface area contributed by atoms with Crippen molar-refractivity contribution in [2.45, 2.75) is 12.8 Å². The normalized spacial score (nSPS) is 22.0. The molecule has 7 nitrogen and oxygen atoms in total. The van der Waals surface area contributed by atoms with Crippen LogP contribution in [0.15, 0.2) is 0 Å². The minimum Gasteiger partial charge on any atom is -0.481 e. The zero-order valence-electron chi connectivity index (χ0n) is 10.0. The van der Waals surface area contributed by atoms with E-state index in [0.717, 1.165) is 4.90 Å². The number of amides is 2. The predicted octanol–water partition coefficient (Wildman–Crippen LogP) is -0.238. The molecule has 2 rings (SSSR count). The van der Waals surface area contributed by atoms with Crippen LogP contribution in [0, 0.1) is 5.92 Å². The number of piperidine rings is 1. The zero-order valence-corrected chi connectivity index (χ0v) is 10.0. The molecule has 7 heteroatoms. The van der Waals surface area contributed by atoms with Crippen LogP contribution in [0.25, 0.3) is 0 Å². The maximum absolute atomic E-state index is 11.8. The summed E-state index contributed by atoms with van der Waals surface area (Å²) in [5, 5.41) is 8.86. The molecule has 0 radical (unpaired) electrons. The molecular weight excluding hydrogens is 240 g/mol. The number of carboxylic acid groups (broad SMARTS) is 1. The third kappa shape index (κ3) is 2.79. The Labute approximate surface area is 104 Å². The van der Waals surface area contributed by atoms with Crippen molar-refractivity contribution in [2.75, 3.05) is 32.8 Å². The van der Waals surface area contributed by atoms with Gasteiger partial charge in [-0.3, -0.25) is 14.5 Å². The minimum atomic E-state index is -0.774. The maximum atomic E-state index is 11.8. The number of ether oxygens (including phenoxy) is 1. The van der Waals surface area contributed by atoms with Gasteiger partial charge in [-0.25, -0.2) is 9.69 Å². The molecule has 0 aliphatic carbocycles. The average molecular weight is 256 g/mol. The largest absolute Gasteiger partial charge is 0.481 e. The fraction of sp³-hybridized carbons (Fsp3) is 0.727. The van der Waals surface area contributed by atoms with Crippen LogP contribution in [0.3, 0.4) is 0 Å². The number of carbonyl (C=O) groups excluding carboxylic acids is 2. The second-order valence-corrected chi connectivity index (χ2v) is 4.55. The van der Waals surface area contributed by atoms with E-state index in [9.17, 15) is 14.4 Å². The van der Waals surface area contributed by atoms with Gasteiger partial charge in [0.05, 0.1) is 19.0 Å². The Morgan fingerprint density at radius 1 is 1.28 bits per heavy atom. The van der Waals surface area contributed by atoms with Crippen LogP contribution < -0.4 is 0 Å².